The van der Waals surface area contributed by atoms with Crippen LogP contribution in [0.3, 0.4) is 0 Å². The van der Waals surface area contributed by atoms with Crippen LogP contribution in [-0.2, 0) is 27.3 Å². The van der Waals surface area contributed by atoms with Crippen molar-refractivity contribution in [1.82, 2.24) is 20.4 Å². The van der Waals surface area contributed by atoms with Crippen molar-refractivity contribution in [2.24, 2.45) is 17.4 Å². The van der Waals surface area contributed by atoms with Gasteiger partial charge in [0.05, 0.1) is 33.8 Å². The van der Waals surface area contributed by atoms with Gasteiger partial charge in [-0.25, -0.2) is 4.98 Å². The van der Waals surface area contributed by atoms with E-state index < -0.39 is 24.0 Å². The lowest BCUT2D eigenvalue weighted by atomic mass is 9.91. The number of primary amides is 1. The molecule has 1 aliphatic rings. The molecule has 3 amide bonds. The number of thiazole rings is 1. The van der Waals surface area contributed by atoms with E-state index >= 15 is 0 Å². The number of nitrogens with one attached hydrogen (secondary N) is 1. The van der Waals surface area contributed by atoms with Gasteiger partial charge in [-0.3, -0.25) is 14.4 Å². The van der Waals surface area contributed by atoms with E-state index in [0.717, 1.165) is 27.3 Å². The molecule has 2 aromatic carbocycles. The van der Waals surface area contributed by atoms with E-state index in [0.29, 0.717) is 42.4 Å². The topological polar surface area (TPSA) is 196 Å². The zero-order valence-electron chi connectivity index (χ0n) is 30.5. The lowest BCUT2D eigenvalue weighted by Crippen LogP contribution is -2.48. The number of hydrogen-bond acceptors (Lipinski definition) is 11. The molecule has 4 aromatic rings. The summed E-state index contributed by atoms with van der Waals surface area (Å²) in [6.07, 6.45) is 1.12. The molecule has 2 aromatic heterocycles. The predicted octanol–water partition coefficient (Wildman–Crippen LogP) is 5.18. The predicted molar refractivity (Wildman–Crippen MR) is 209 cm³/mol. The van der Waals surface area contributed by atoms with Crippen LogP contribution in [0, 0.1) is 12.8 Å². The number of amides is 3. The number of rotatable bonds is 18. The van der Waals surface area contributed by atoms with Gasteiger partial charge in [-0.05, 0) is 60.0 Å². The number of aliphatic hydroxyl groups excluding tert-OH is 1. The van der Waals surface area contributed by atoms with Crippen LogP contribution in [0.1, 0.15) is 68.0 Å². The SMILES string of the molecule is Cc1ncsc1-c1ccc(CNC(=O)[C@@H]2C[C@@H](O)CN2C(=O)C(c2cc(OCCCc3cccc(OCC(N)CCC(N)=O)c3Cl)no2)C(C)C)cc1.Cl. The van der Waals surface area contributed by atoms with Crippen molar-refractivity contribution in [3.63, 3.8) is 0 Å². The molecule has 4 atom stereocenters. The molecule has 3 heterocycles. The number of likely N-dealkylation sites (tertiary alicyclic amines) is 1. The molecule has 5 rings (SSSR count). The molecule has 1 aliphatic heterocycles. The molecule has 13 nitrogen and oxygen atoms in total. The van der Waals surface area contributed by atoms with Crippen molar-refractivity contribution in [2.75, 3.05) is 19.8 Å². The molecular formula is C38H48Cl2N6O7S. The van der Waals surface area contributed by atoms with Gasteiger partial charge in [-0.1, -0.05) is 61.8 Å². The van der Waals surface area contributed by atoms with Crippen LogP contribution in [-0.4, -0.2) is 75.8 Å². The number of halogens is 2. The molecule has 1 fully saturated rings. The van der Waals surface area contributed by atoms with Gasteiger partial charge in [-0.2, -0.15) is 0 Å². The molecular weight excluding hydrogens is 755 g/mol. The molecule has 2 unspecified atom stereocenters. The Morgan fingerprint density at radius 1 is 1.17 bits per heavy atom. The first-order chi connectivity index (χ1) is 25.4. The highest BCUT2D eigenvalue weighted by molar-refractivity contribution is 7.13. The number of nitrogens with two attached hydrogens (primary N) is 2. The van der Waals surface area contributed by atoms with Gasteiger partial charge in [-0.15, -0.1) is 23.7 Å². The first-order valence-corrected chi connectivity index (χ1v) is 19.0. The molecule has 0 saturated carbocycles. The van der Waals surface area contributed by atoms with Crippen LogP contribution < -0.4 is 26.3 Å². The second-order valence-corrected chi connectivity index (χ2v) is 14.9. The summed E-state index contributed by atoms with van der Waals surface area (Å²) in [5.41, 5.74) is 16.8. The number of aromatic nitrogens is 2. The molecule has 54 heavy (non-hydrogen) atoms. The maximum Gasteiger partial charge on any atom is 0.254 e. The zero-order valence-corrected chi connectivity index (χ0v) is 32.9. The number of carbonyl (C=O) groups is 3. The van der Waals surface area contributed by atoms with E-state index in [1.807, 2.05) is 62.7 Å². The molecule has 1 saturated heterocycles. The van der Waals surface area contributed by atoms with Gasteiger partial charge in [0.1, 0.15) is 24.3 Å². The fraction of sp³-hybridized carbons (Fsp3) is 0.447. The summed E-state index contributed by atoms with van der Waals surface area (Å²) in [4.78, 5) is 45.2. The lowest BCUT2D eigenvalue weighted by Gasteiger charge is -2.28. The number of hydrogen-bond donors (Lipinski definition) is 4. The Bertz CT molecular complexity index is 1850. The second-order valence-electron chi connectivity index (χ2n) is 13.6. The minimum atomic E-state index is -0.829. The van der Waals surface area contributed by atoms with Crippen LogP contribution in [0.5, 0.6) is 11.6 Å². The molecule has 0 radical (unpaired) electrons. The summed E-state index contributed by atoms with van der Waals surface area (Å²) in [6.45, 7) is 6.58. The third-order valence-corrected chi connectivity index (χ3v) is 10.5. The van der Waals surface area contributed by atoms with Crippen molar-refractivity contribution >= 4 is 53.1 Å². The van der Waals surface area contributed by atoms with Crippen LogP contribution >= 0.6 is 35.3 Å². The van der Waals surface area contributed by atoms with Gasteiger partial charge in [0.2, 0.25) is 17.7 Å². The summed E-state index contributed by atoms with van der Waals surface area (Å²) < 4.78 is 17.3. The van der Waals surface area contributed by atoms with E-state index in [-0.39, 0.29) is 74.6 Å². The number of benzene rings is 2. The van der Waals surface area contributed by atoms with E-state index in [2.05, 4.69) is 15.5 Å². The largest absolute Gasteiger partial charge is 0.490 e. The quantitative estimate of drug-likeness (QED) is 0.0974. The van der Waals surface area contributed by atoms with Gasteiger partial charge in [0.25, 0.3) is 5.88 Å². The maximum atomic E-state index is 14.0. The molecule has 292 valence electrons. The van der Waals surface area contributed by atoms with Gasteiger partial charge >= 0.3 is 0 Å². The third-order valence-electron chi connectivity index (χ3n) is 9.14. The summed E-state index contributed by atoms with van der Waals surface area (Å²) in [7, 11) is 0. The number of ether oxygens (including phenoxy) is 2. The fourth-order valence-corrected chi connectivity index (χ4v) is 7.36. The van der Waals surface area contributed by atoms with Gasteiger partial charge < -0.3 is 40.8 Å². The van der Waals surface area contributed by atoms with E-state index in [1.54, 1.807) is 23.5 Å². The third kappa shape index (κ3) is 11.2. The Balaban J connectivity index is 0.00000650. The highest BCUT2D eigenvalue weighted by Crippen LogP contribution is 2.33. The average Bonchev–Trinajstić information content (AvgIpc) is 3.88. The minimum Gasteiger partial charge on any atom is -0.490 e. The Kier molecular flexibility index (Phi) is 15.7. The Morgan fingerprint density at radius 3 is 2.61 bits per heavy atom. The second kappa shape index (κ2) is 19.9. The molecule has 6 N–H and O–H groups in total. The molecule has 0 aliphatic carbocycles. The Labute approximate surface area is 330 Å². The van der Waals surface area contributed by atoms with E-state index in [4.69, 9.17) is 37.1 Å². The number of aliphatic hydroxyl groups is 1. The van der Waals surface area contributed by atoms with Crippen LogP contribution in [0.25, 0.3) is 10.4 Å². The van der Waals surface area contributed by atoms with Gasteiger partial charge in [0.15, 0.2) is 5.76 Å². The zero-order chi connectivity index (χ0) is 38.1. The van der Waals surface area contributed by atoms with E-state index in [9.17, 15) is 19.5 Å². The minimum absolute atomic E-state index is 0. The monoisotopic (exact) mass is 802 g/mol. The first-order valence-electron chi connectivity index (χ1n) is 17.7. The normalized spacial score (nSPS) is 16.5. The van der Waals surface area contributed by atoms with Crippen LogP contribution in [0.4, 0.5) is 0 Å². The number of aryl methyl sites for hydroxylation is 2. The highest BCUT2D eigenvalue weighted by Gasteiger charge is 2.43. The number of nitrogens with zero attached hydrogens (tertiary/aromatic N) is 3. The van der Waals surface area contributed by atoms with Crippen molar-refractivity contribution < 1.29 is 33.5 Å². The van der Waals surface area contributed by atoms with Crippen LogP contribution in [0.2, 0.25) is 5.02 Å². The van der Waals surface area contributed by atoms with Gasteiger partial charge in [0, 0.05) is 38.0 Å². The first kappa shape index (κ1) is 42.5. The average molecular weight is 804 g/mol. The smallest absolute Gasteiger partial charge is 0.254 e. The molecule has 0 bridgehead atoms. The Morgan fingerprint density at radius 2 is 1.93 bits per heavy atom. The molecule has 0 spiro atoms. The maximum absolute atomic E-state index is 14.0. The summed E-state index contributed by atoms with van der Waals surface area (Å²) in [6, 6.07) is 13.8. The summed E-state index contributed by atoms with van der Waals surface area (Å²) in [5.74, 6) is -0.946. The van der Waals surface area contributed by atoms with Crippen LogP contribution in [0.15, 0.2) is 58.6 Å². The Hall–Kier alpha value is -4.21. The summed E-state index contributed by atoms with van der Waals surface area (Å²) >= 11 is 8.17. The van der Waals surface area contributed by atoms with Crippen molar-refractivity contribution in [3.05, 3.63) is 81.6 Å². The van der Waals surface area contributed by atoms with Crippen molar-refractivity contribution in [2.45, 2.75) is 83.5 Å². The molecule has 16 heteroatoms. The van der Waals surface area contributed by atoms with Crippen molar-refractivity contribution in [1.29, 1.82) is 0 Å². The number of β-amino-alcohol motifs (C(OH)–C–C–N with tert-alkyl or cyclic N) is 1. The lowest BCUT2D eigenvalue weighted by molar-refractivity contribution is -0.141. The number of carbonyl (C=O) groups excluding carboxylic acids is 3. The summed E-state index contributed by atoms with van der Waals surface area (Å²) in [5, 5.41) is 18.0. The fourth-order valence-electron chi connectivity index (χ4n) is 6.27. The van der Waals surface area contributed by atoms with E-state index in [1.165, 1.54) is 4.90 Å². The standard InChI is InChI=1S/C38H47ClN6O7S.ClH/c1-22(2)34(31-17-33(44-52-31)50-15-5-7-25-6-4-8-30(35(25)39)51-20-27(40)13-14-32(41)47)38(49)45-19-28(46)16-29(45)37(48)42-18-24-9-11-26(12-10-24)36-23(3)43-21-53-36;/h4,6,8-12,17,21-22,27-29,34,46H,5,7,13-16,18-20,40H2,1-3H3,(H2,41,47)(H,42,48);1H/t27?,28-,29+,34?;/m1./s1. The van der Waals surface area contributed by atoms with Crippen molar-refractivity contribution in [3.8, 4) is 22.1 Å². The highest BCUT2D eigenvalue weighted by atomic mass is 35.5.